The molecule has 0 saturated carbocycles. The number of hydrogen-bond donors (Lipinski definition) is 0. The predicted octanol–water partition coefficient (Wildman–Crippen LogP) is 2.74. The number of terminal acetylenes is 1. The van der Waals surface area contributed by atoms with E-state index in [2.05, 4.69) is 21.9 Å². The lowest BCUT2D eigenvalue weighted by Gasteiger charge is -2.17. The third-order valence-electron chi connectivity index (χ3n) is 2.70. The topological polar surface area (TPSA) is 20.3 Å². The summed E-state index contributed by atoms with van der Waals surface area (Å²) in [6.45, 7) is 2.64. The summed E-state index contributed by atoms with van der Waals surface area (Å²) in [7, 11) is 0. The fourth-order valence-electron chi connectivity index (χ4n) is 1.94. The summed E-state index contributed by atoms with van der Waals surface area (Å²) in [6.07, 6.45) is 5.82. The minimum absolute atomic E-state index is 0.0480. The fourth-order valence-corrected chi connectivity index (χ4v) is 2.54. The van der Waals surface area contributed by atoms with Crippen LogP contribution in [0.5, 0.6) is 0 Å². The third kappa shape index (κ3) is 2.12. The van der Waals surface area contributed by atoms with Crippen LogP contribution in [0.15, 0.2) is 22.7 Å². The minimum Gasteiger partial charge on any atom is -0.311 e. The Morgan fingerprint density at radius 1 is 1.50 bits per heavy atom. The second kappa shape index (κ2) is 4.31. The Kier molecular flexibility index (Phi) is 3.02. The molecule has 1 heterocycles. The molecule has 1 amide bonds. The second-order valence-electron chi connectivity index (χ2n) is 4.06. The smallest absolute Gasteiger partial charge is 0.228 e. The quantitative estimate of drug-likeness (QED) is 0.723. The normalized spacial score (nSPS) is 19.9. The lowest BCUT2D eigenvalue weighted by atomic mass is 10.1. The van der Waals surface area contributed by atoms with Crippen molar-refractivity contribution in [1.82, 2.24) is 0 Å². The van der Waals surface area contributed by atoms with E-state index in [1.807, 2.05) is 25.1 Å². The van der Waals surface area contributed by atoms with Gasteiger partial charge in [-0.25, -0.2) is 0 Å². The highest BCUT2D eigenvalue weighted by atomic mass is 79.9. The summed E-state index contributed by atoms with van der Waals surface area (Å²) in [5, 5.41) is 0. The molecule has 1 saturated heterocycles. The molecule has 0 aromatic heterocycles. The van der Waals surface area contributed by atoms with Crippen LogP contribution in [0.1, 0.15) is 12.0 Å². The molecular formula is C13H12BrNO. The molecule has 3 heteroatoms. The zero-order valence-corrected chi connectivity index (χ0v) is 10.6. The van der Waals surface area contributed by atoms with E-state index in [-0.39, 0.29) is 11.8 Å². The van der Waals surface area contributed by atoms with Gasteiger partial charge in [0.2, 0.25) is 5.91 Å². The lowest BCUT2D eigenvalue weighted by molar-refractivity contribution is -0.117. The van der Waals surface area contributed by atoms with Gasteiger partial charge in [-0.05, 0) is 30.7 Å². The number of carbonyl (C=O) groups is 1. The van der Waals surface area contributed by atoms with Crippen molar-refractivity contribution >= 4 is 27.5 Å². The summed E-state index contributed by atoms with van der Waals surface area (Å²) in [6, 6.07) is 5.97. The van der Waals surface area contributed by atoms with E-state index in [4.69, 9.17) is 6.42 Å². The van der Waals surface area contributed by atoms with Gasteiger partial charge < -0.3 is 4.90 Å². The van der Waals surface area contributed by atoms with Crippen molar-refractivity contribution in [1.29, 1.82) is 0 Å². The maximum absolute atomic E-state index is 11.8. The monoisotopic (exact) mass is 277 g/mol. The van der Waals surface area contributed by atoms with Crippen molar-refractivity contribution in [3.8, 4) is 12.3 Å². The van der Waals surface area contributed by atoms with Crippen molar-refractivity contribution in [2.24, 2.45) is 5.92 Å². The van der Waals surface area contributed by atoms with Crippen LogP contribution in [0, 0.1) is 25.2 Å². The van der Waals surface area contributed by atoms with Crippen LogP contribution < -0.4 is 4.90 Å². The van der Waals surface area contributed by atoms with Gasteiger partial charge in [0.15, 0.2) is 0 Å². The van der Waals surface area contributed by atoms with Crippen molar-refractivity contribution in [3.05, 3.63) is 28.2 Å². The van der Waals surface area contributed by atoms with E-state index in [0.29, 0.717) is 13.0 Å². The second-order valence-corrected chi connectivity index (χ2v) is 4.97. The van der Waals surface area contributed by atoms with Gasteiger partial charge in [0.05, 0.1) is 0 Å². The summed E-state index contributed by atoms with van der Waals surface area (Å²) in [5.74, 6) is 2.81. The van der Waals surface area contributed by atoms with E-state index < -0.39 is 0 Å². The number of anilines is 1. The molecule has 1 aliphatic heterocycles. The molecular weight excluding hydrogens is 266 g/mol. The van der Waals surface area contributed by atoms with Gasteiger partial charge in [0, 0.05) is 29.0 Å². The molecule has 2 rings (SSSR count). The van der Waals surface area contributed by atoms with Gasteiger partial charge in [0.25, 0.3) is 0 Å². The average Bonchev–Trinajstić information content (AvgIpc) is 2.58. The molecule has 0 aliphatic carbocycles. The van der Waals surface area contributed by atoms with Crippen LogP contribution in [0.25, 0.3) is 0 Å². The van der Waals surface area contributed by atoms with E-state index in [9.17, 15) is 4.79 Å². The van der Waals surface area contributed by atoms with Gasteiger partial charge in [-0.15, -0.1) is 12.3 Å². The van der Waals surface area contributed by atoms with Gasteiger partial charge >= 0.3 is 0 Å². The largest absolute Gasteiger partial charge is 0.311 e. The van der Waals surface area contributed by atoms with E-state index >= 15 is 0 Å². The number of rotatable bonds is 1. The highest BCUT2D eigenvalue weighted by Gasteiger charge is 2.29. The average molecular weight is 278 g/mol. The number of amides is 1. The van der Waals surface area contributed by atoms with Crippen LogP contribution in [-0.4, -0.2) is 12.5 Å². The first-order chi connectivity index (χ1) is 7.60. The highest BCUT2D eigenvalue weighted by molar-refractivity contribution is 9.10. The van der Waals surface area contributed by atoms with Gasteiger partial charge in [-0.3, -0.25) is 4.79 Å². The Labute approximate surface area is 104 Å². The third-order valence-corrected chi connectivity index (χ3v) is 3.16. The molecule has 16 heavy (non-hydrogen) atoms. The summed E-state index contributed by atoms with van der Waals surface area (Å²) >= 11 is 3.43. The molecule has 0 radical (unpaired) electrons. The van der Waals surface area contributed by atoms with Crippen molar-refractivity contribution < 1.29 is 4.79 Å². The molecule has 2 nitrogen and oxygen atoms in total. The van der Waals surface area contributed by atoms with Crippen LogP contribution in [-0.2, 0) is 4.79 Å². The lowest BCUT2D eigenvalue weighted by Crippen LogP contribution is -2.24. The van der Waals surface area contributed by atoms with Crippen molar-refractivity contribution in [2.75, 3.05) is 11.4 Å². The van der Waals surface area contributed by atoms with Crippen LogP contribution in [0.2, 0.25) is 0 Å². The molecule has 1 aromatic rings. The Hall–Kier alpha value is -1.27. The summed E-state index contributed by atoms with van der Waals surface area (Å²) < 4.78 is 0.986. The number of halogens is 1. The Morgan fingerprint density at radius 2 is 2.25 bits per heavy atom. The molecule has 0 N–H and O–H groups in total. The Bertz CT molecular complexity index is 455. The molecule has 0 spiro atoms. The van der Waals surface area contributed by atoms with E-state index in [1.54, 1.807) is 4.90 Å². The zero-order chi connectivity index (χ0) is 11.7. The molecule has 82 valence electrons. The maximum atomic E-state index is 11.8. The first-order valence-electron chi connectivity index (χ1n) is 5.14. The molecule has 1 fully saturated rings. The Balaban J connectivity index is 2.32. The van der Waals surface area contributed by atoms with E-state index in [1.165, 1.54) is 0 Å². The molecule has 1 unspecified atom stereocenters. The number of carbonyl (C=O) groups excluding carboxylic acids is 1. The predicted molar refractivity (Wildman–Crippen MR) is 68.2 cm³/mol. The first kappa shape index (κ1) is 11.2. The number of hydrogen-bond acceptors (Lipinski definition) is 1. The number of nitrogens with zero attached hydrogens (tertiary/aromatic N) is 1. The molecule has 0 bridgehead atoms. The number of benzene rings is 1. The van der Waals surface area contributed by atoms with Crippen LogP contribution in [0.4, 0.5) is 5.69 Å². The number of aryl methyl sites for hydroxylation is 1. The zero-order valence-electron chi connectivity index (χ0n) is 9.03. The fraction of sp³-hybridized carbons (Fsp3) is 0.308. The maximum Gasteiger partial charge on any atom is 0.228 e. The van der Waals surface area contributed by atoms with Crippen molar-refractivity contribution in [2.45, 2.75) is 13.3 Å². The standard InChI is InChI=1S/C13H12BrNO/c1-3-10-6-13(16)15(8-10)12-5-9(2)4-11(14)7-12/h1,4-5,7,10H,6,8H2,2H3. The Morgan fingerprint density at radius 3 is 2.81 bits per heavy atom. The summed E-state index contributed by atoms with van der Waals surface area (Å²) in [5.41, 5.74) is 2.05. The highest BCUT2D eigenvalue weighted by Crippen LogP contribution is 2.28. The van der Waals surface area contributed by atoms with Gasteiger partial charge in [-0.2, -0.15) is 0 Å². The summed E-state index contributed by atoms with van der Waals surface area (Å²) in [4.78, 5) is 13.5. The minimum atomic E-state index is 0.0480. The SMILES string of the molecule is C#CC1CC(=O)N(c2cc(C)cc(Br)c2)C1. The van der Waals surface area contributed by atoms with Crippen molar-refractivity contribution in [3.63, 3.8) is 0 Å². The molecule has 1 aromatic carbocycles. The van der Waals surface area contributed by atoms with Crippen LogP contribution >= 0.6 is 15.9 Å². The first-order valence-corrected chi connectivity index (χ1v) is 5.93. The van der Waals surface area contributed by atoms with Gasteiger partial charge in [0.1, 0.15) is 0 Å². The molecule has 1 aliphatic rings. The van der Waals surface area contributed by atoms with Crippen LogP contribution in [0.3, 0.4) is 0 Å². The van der Waals surface area contributed by atoms with Gasteiger partial charge in [-0.1, -0.05) is 15.9 Å². The van der Waals surface area contributed by atoms with E-state index in [0.717, 1.165) is 15.7 Å². The molecule has 1 atom stereocenters.